The van der Waals surface area contributed by atoms with E-state index in [0.717, 1.165) is 9.37 Å². The molecule has 1 heterocycles. The highest BCUT2D eigenvalue weighted by atomic mass is 79.9. The monoisotopic (exact) mass is 723 g/mol. The molecule has 1 saturated heterocycles. The smallest absolute Gasteiger partial charge is 0.272 e. The maximum atomic E-state index is 13.6. The topological polar surface area (TPSA) is 105 Å². The van der Waals surface area contributed by atoms with Gasteiger partial charge < -0.3 is 15.4 Å². The Labute approximate surface area is 281 Å². The van der Waals surface area contributed by atoms with Gasteiger partial charge in [-0.3, -0.25) is 19.2 Å². The lowest BCUT2D eigenvalue weighted by atomic mass is 10.1. The fraction of sp³-hybridized carbons (Fsp3) is 0.0909. The number of nitrogens with zero attached hydrogens (tertiary/aromatic N) is 1. The van der Waals surface area contributed by atoms with Crippen molar-refractivity contribution < 1.29 is 23.9 Å². The Bertz CT molecular complexity index is 1840. The van der Waals surface area contributed by atoms with E-state index in [-0.39, 0.29) is 28.7 Å². The molecule has 1 fully saturated rings. The number of carbonyl (C=O) groups is 4. The van der Waals surface area contributed by atoms with Crippen molar-refractivity contribution >= 4 is 92.0 Å². The summed E-state index contributed by atoms with van der Waals surface area (Å²) in [7, 11) is 1.51. The fourth-order valence-corrected chi connectivity index (χ4v) is 6.52. The normalized spacial score (nSPS) is 14.8. The van der Waals surface area contributed by atoms with E-state index in [1.165, 1.54) is 37.1 Å². The zero-order valence-corrected chi connectivity index (χ0v) is 27.5. The highest BCUT2D eigenvalue weighted by molar-refractivity contribution is 9.10. The number of anilines is 2. The molecule has 1 unspecified atom stereocenters. The van der Waals surface area contributed by atoms with Crippen LogP contribution >= 0.6 is 50.9 Å². The van der Waals surface area contributed by atoms with Crippen molar-refractivity contribution in [1.82, 2.24) is 5.32 Å². The quantitative estimate of drug-likeness (QED) is 0.136. The molecule has 4 aromatic rings. The third-order valence-corrected chi connectivity index (χ3v) is 8.86. The Morgan fingerprint density at radius 2 is 1.76 bits per heavy atom. The number of ether oxygens (including phenoxy) is 1. The number of rotatable bonds is 9. The van der Waals surface area contributed by atoms with Gasteiger partial charge in [-0.15, -0.1) is 11.8 Å². The molecule has 8 nitrogen and oxygen atoms in total. The number of imide groups is 1. The zero-order chi connectivity index (χ0) is 32.1. The summed E-state index contributed by atoms with van der Waals surface area (Å²) in [6.07, 6.45) is 1.50. The minimum atomic E-state index is -0.695. The largest absolute Gasteiger partial charge is 0.496 e. The molecule has 0 aliphatic carbocycles. The highest BCUT2D eigenvalue weighted by Crippen LogP contribution is 2.38. The van der Waals surface area contributed by atoms with Gasteiger partial charge in [0.25, 0.3) is 11.8 Å². The third kappa shape index (κ3) is 7.77. The van der Waals surface area contributed by atoms with Gasteiger partial charge in [0.2, 0.25) is 11.8 Å². The number of thioether (sulfide) groups is 1. The molecule has 12 heteroatoms. The van der Waals surface area contributed by atoms with E-state index in [1.807, 2.05) is 0 Å². The summed E-state index contributed by atoms with van der Waals surface area (Å²) < 4.78 is 6.21. The number of methoxy groups -OCH3 is 1. The van der Waals surface area contributed by atoms with E-state index in [2.05, 4.69) is 26.6 Å². The summed E-state index contributed by atoms with van der Waals surface area (Å²) in [6, 6.07) is 25.3. The number of nitrogens with one attached hydrogen (secondary N) is 2. The van der Waals surface area contributed by atoms with E-state index < -0.39 is 23.0 Å². The van der Waals surface area contributed by atoms with E-state index in [0.29, 0.717) is 32.5 Å². The van der Waals surface area contributed by atoms with Gasteiger partial charge in [0.15, 0.2) is 0 Å². The van der Waals surface area contributed by atoms with Gasteiger partial charge >= 0.3 is 0 Å². The summed E-state index contributed by atoms with van der Waals surface area (Å²) in [5.74, 6) is -1.33. The SMILES string of the molecule is COc1ccc(Br)cc1C=C(NC(=O)c1ccccc1)C(=O)Nc1cccc(SC2CC(=O)N(c3ccc(Cl)cc3Cl)C2=O)c1. The standard InChI is InChI=1S/C33H24BrCl2N3O5S/c1-44-28-13-10-21(34)14-20(28)15-26(38-31(41)19-6-3-2-4-7-19)32(42)37-23-8-5-9-24(17-23)45-29-18-30(40)39(33(29)43)27-12-11-22(35)16-25(27)36/h2-17,29H,18H2,1H3,(H,37,42)(H,38,41). The molecule has 1 atom stereocenters. The van der Waals surface area contributed by atoms with Crippen LogP contribution in [0, 0.1) is 0 Å². The highest BCUT2D eigenvalue weighted by Gasteiger charge is 2.41. The predicted molar refractivity (Wildman–Crippen MR) is 181 cm³/mol. The number of amides is 4. The first-order chi connectivity index (χ1) is 21.6. The van der Waals surface area contributed by atoms with Crippen LogP contribution in [-0.4, -0.2) is 36.0 Å². The molecular weight excluding hydrogens is 701 g/mol. The van der Waals surface area contributed by atoms with Crippen molar-refractivity contribution in [2.45, 2.75) is 16.6 Å². The van der Waals surface area contributed by atoms with Gasteiger partial charge in [-0.05, 0) is 72.8 Å². The molecule has 5 rings (SSSR count). The van der Waals surface area contributed by atoms with Crippen molar-refractivity contribution in [3.05, 3.63) is 122 Å². The summed E-state index contributed by atoms with van der Waals surface area (Å²) in [6.45, 7) is 0. The molecule has 0 radical (unpaired) electrons. The molecule has 0 spiro atoms. The number of benzene rings is 4. The molecule has 1 aliphatic heterocycles. The van der Waals surface area contributed by atoms with Crippen molar-refractivity contribution in [3.63, 3.8) is 0 Å². The Hall–Kier alpha value is -4.09. The second-order valence-electron chi connectivity index (χ2n) is 9.72. The van der Waals surface area contributed by atoms with Crippen molar-refractivity contribution in [1.29, 1.82) is 0 Å². The minimum absolute atomic E-state index is 0.0219. The first kappa shape index (κ1) is 32.3. The molecule has 2 N–H and O–H groups in total. The minimum Gasteiger partial charge on any atom is -0.496 e. The molecule has 0 bridgehead atoms. The lowest BCUT2D eigenvalue weighted by Crippen LogP contribution is -2.31. The molecule has 228 valence electrons. The number of hydrogen-bond acceptors (Lipinski definition) is 6. The summed E-state index contributed by atoms with van der Waals surface area (Å²) in [5.41, 5.74) is 1.61. The third-order valence-electron chi connectivity index (χ3n) is 6.65. The predicted octanol–water partition coefficient (Wildman–Crippen LogP) is 7.60. The van der Waals surface area contributed by atoms with E-state index >= 15 is 0 Å². The lowest BCUT2D eigenvalue weighted by molar-refractivity contribution is -0.121. The van der Waals surface area contributed by atoms with Crippen molar-refractivity contribution in [3.8, 4) is 5.75 Å². The first-order valence-corrected chi connectivity index (χ1v) is 15.9. The fourth-order valence-electron chi connectivity index (χ4n) is 4.54. The maximum Gasteiger partial charge on any atom is 0.272 e. The molecule has 0 saturated carbocycles. The molecule has 1 aliphatic rings. The Morgan fingerprint density at radius 1 is 0.978 bits per heavy atom. The van der Waals surface area contributed by atoms with Crippen LogP contribution in [0.25, 0.3) is 6.08 Å². The lowest BCUT2D eigenvalue weighted by Gasteiger charge is -2.17. The van der Waals surface area contributed by atoms with Gasteiger partial charge in [-0.25, -0.2) is 4.90 Å². The van der Waals surface area contributed by atoms with Crippen LogP contribution in [-0.2, 0) is 14.4 Å². The van der Waals surface area contributed by atoms with Gasteiger partial charge in [0, 0.05) is 37.6 Å². The Balaban J connectivity index is 1.36. The van der Waals surface area contributed by atoms with Crippen LogP contribution in [0.1, 0.15) is 22.3 Å². The van der Waals surface area contributed by atoms with E-state index in [9.17, 15) is 19.2 Å². The van der Waals surface area contributed by atoms with Crippen LogP contribution in [0.4, 0.5) is 11.4 Å². The average molecular weight is 725 g/mol. The summed E-state index contributed by atoms with van der Waals surface area (Å²) in [4.78, 5) is 54.4. The molecular formula is C33H24BrCl2N3O5S. The van der Waals surface area contributed by atoms with Gasteiger partial charge in [-0.1, -0.05) is 63.4 Å². The Kier molecular flexibility index (Phi) is 10.3. The first-order valence-electron chi connectivity index (χ1n) is 13.4. The second-order valence-corrected chi connectivity index (χ2v) is 12.8. The van der Waals surface area contributed by atoms with Gasteiger partial charge in [0.05, 0.1) is 23.1 Å². The van der Waals surface area contributed by atoms with Crippen LogP contribution in [0.2, 0.25) is 10.0 Å². The van der Waals surface area contributed by atoms with Crippen LogP contribution in [0.15, 0.2) is 106 Å². The average Bonchev–Trinajstić information content (AvgIpc) is 3.29. The van der Waals surface area contributed by atoms with Gasteiger partial charge in [0.1, 0.15) is 11.4 Å². The summed E-state index contributed by atoms with van der Waals surface area (Å²) in [5, 5.41) is 5.43. The van der Waals surface area contributed by atoms with E-state index in [1.54, 1.807) is 78.9 Å². The van der Waals surface area contributed by atoms with Crippen molar-refractivity contribution in [2.24, 2.45) is 0 Å². The van der Waals surface area contributed by atoms with Crippen LogP contribution in [0.5, 0.6) is 5.75 Å². The maximum absolute atomic E-state index is 13.6. The Morgan fingerprint density at radius 3 is 2.49 bits per heavy atom. The van der Waals surface area contributed by atoms with Gasteiger partial charge in [-0.2, -0.15) is 0 Å². The number of halogens is 3. The molecule has 45 heavy (non-hydrogen) atoms. The zero-order valence-electron chi connectivity index (χ0n) is 23.6. The summed E-state index contributed by atoms with van der Waals surface area (Å²) >= 11 is 16.9. The molecule has 4 aromatic carbocycles. The van der Waals surface area contributed by atoms with Crippen molar-refractivity contribution in [2.75, 3.05) is 17.3 Å². The number of carbonyl (C=O) groups excluding carboxylic acids is 4. The second kappa shape index (κ2) is 14.3. The molecule has 0 aromatic heterocycles. The number of hydrogen-bond donors (Lipinski definition) is 2. The van der Waals surface area contributed by atoms with Crippen LogP contribution < -0.4 is 20.3 Å². The van der Waals surface area contributed by atoms with Crippen LogP contribution in [0.3, 0.4) is 0 Å². The molecule has 4 amide bonds. The van der Waals surface area contributed by atoms with E-state index in [4.69, 9.17) is 27.9 Å².